The van der Waals surface area contributed by atoms with Gasteiger partial charge in [-0.3, -0.25) is 14.9 Å². The van der Waals surface area contributed by atoms with Crippen LogP contribution in [0.5, 0.6) is 0 Å². The molecule has 1 aromatic heterocycles. The molecule has 0 radical (unpaired) electrons. The highest BCUT2D eigenvalue weighted by Crippen LogP contribution is 2.25. The zero-order chi connectivity index (χ0) is 18.0. The van der Waals surface area contributed by atoms with Crippen molar-refractivity contribution in [2.45, 2.75) is 13.0 Å². The molecule has 0 fully saturated rings. The summed E-state index contributed by atoms with van der Waals surface area (Å²) < 4.78 is 4.97. The topological polar surface area (TPSA) is 89.8 Å². The van der Waals surface area contributed by atoms with Crippen LogP contribution < -0.4 is 0 Å². The fraction of sp³-hybridized carbons (Fsp3) is 0.250. The molecule has 0 N–H and O–H groups in total. The van der Waals surface area contributed by atoms with Gasteiger partial charge in [0.2, 0.25) is 0 Å². The van der Waals surface area contributed by atoms with Crippen molar-refractivity contribution in [1.82, 2.24) is 4.90 Å². The molecule has 0 bridgehead atoms. The first-order valence-corrected chi connectivity index (χ1v) is 8.65. The zero-order valence-electron chi connectivity index (χ0n) is 12.9. The molecule has 1 aliphatic rings. The van der Waals surface area contributed by atoms with Crippen molar-refractivity contribution in [3.05, 3.63) is 60.8 Å². The highest BCUT2D eigenvalue weighted by molar-refractivity contribution is 7.10. The van der Waals surface area contributed by atoms with E-state index in [1.54, 1.807) is 16.2 Å². The van der Waals surface area contributed by atoms with Gasteiger partial charge in [-0.1, -0.05) is 11.6 Å². The molecule has 2 aromatic rings. The second-order valence-corrected chi connectivity index (χ2v) is 6.87. The monoisotopic (exact) mass is 380 g/mol. The van der Waals surface area contributed by atoms with Gasteiger partial charge in [0.25, 0.3) is 11.6 Å². The number of ether oxygens (including phenoxy) is 1. The van der Waals surface area contributed by atoms with E-state index < -0.39 is 23.2 Å². The lowest BCUT2D eigenvalue weighted by atomic mass is 10.1. The Morgan fingerprint density at radius 1 is 1.36 bits per heavy atom. The molecule has 1 amide bonds. The Labute approximate surface area is 151 Å². The van der Waals surface area contributed by atoms with Crippen LogP contribution in [0, 0.1) is 10.1 Å². The molecule has 1 aromatic carbocycles. The number of hydrogen-bond acceptors (Lipinski definition) is 6. The van der Waals surface area contributed by atoms with Gasteiger partial charge < -0.3 is 9.64 Å². The van der Waals surface area contributed by atoms with Crippen molar-refractivity contribution in [1.29, 1.82) is 0 Å². The minimum Gasteiger partial charge on any atom is -0.452 e. The fourth-order valence-corrected chi connectivity index (χ4v) is 3.64. The molecule has 0 atom stereocenters. The first-order chi connectivity index (χ1) is 12.0. The van der Waals surface area contributed by atoms with Gasteiger partial charge in [-0.15, -0.1) is 11.3 Å². The number of amides is 1. The van der Waals surface area contributed by atoms with Gasteiger partial charge in [0.15, 0.2) is 6.61 Å². The summed E-state index contributed by atoms with van der Waals surface area (Å²) >= 11 is 7.37. The average molecular weight is 381 g/mol. The molecule has 25 heavy (non-hydrogen) atoms. The average Bonchev–Trinajstić information content (AvgIpc) is 3.06. The number of nitrogens with zero attached hydrogens (tertiary/aromatic N) is 2. The van der Waals surface area contributed by atoms with Gasteiger partial charge in [-0.2, -0.15) is 0 Å². The van der Waals surface area contributed by atoms with Crippen LogP contribution in [0.25, 0.3) is 0 Å². The number of rotatable bonds is 4. The summed E-state index contributed by atoms with van der Waals surface area (Å²) in [5.41, 5.74) is 0.413. The van der Waals surface area contributed by atoms with E-state index in [1.165, 1.54) is 17.0 Å². The third-order valence-corrected chi connectivity index (χ3v) is 5.12. The molecule has 0 unspecified atom stereocenters. The lowest BCUT2D eigenvalue weighted by molar-refractivity contribution is -0.385. The van der Waals surface area contributed by atoms with E-state index in [0.717, 1.165) is 18.1 Å². The van der Waals surface area contributed by atoms with Crippen LogP contribution in [0.3, 0.4) is 0 Å². The Hall–Kier alpha value is -2.45. The fourth-order valence-electron chi connectivity index (χ4n) is 2.59. The SMILES string of the molecule is O=C(OCC(=O)N1CCc2sccc2C1)c1ccc(Cl)cc1[N+](=O)[O-]. The van der Waals surface area contributed by atoms with Gasteiger partial charge in [0, 0.05) is 29.1 Å². The van der Waals surface area contributed by atoms with Crippen molar-refractivity contribution < 1.29 is 19.2 Å². The van der Waals surface area contributed by atoms with E-state index in [1.807, 2.05) is 11.4 Å². The maximum absolute atomic E-state index is 12.2. The van der Waals surface area contributed by atoms with Crippen molar-refractivity contribution >= 4 is 40.5 Å². The molecule has 3 rings (SSSR count). The second-order valence-electron chi connectivity index (χ2n) is 5.43. The molecular formula is C16H13ClN2O5S. The molecular weight excluding hydrogens is 368 g/mol. The molecule has 9 heteroatoms. The van der Waals surface area contributed by atoms with Gasteiger partial charge in [-0.05, 0) is 35.6 Å². The van der Waals surface area contributed by atoms with Crippen LogP contribution in [-0.2, 0) is 22.5 Å². The molecule has 0 saturated heterocycles. The molecule has 0 spiro atoms. The first-order valence-electron chi connectivity index (χ1n) is 7.40. The van der Waals surface area contributed by atoms with E-state index in [-0.39, 0.29) is 16.5 Å². The molecule has 0 aliphatic carbocycles. The molecule has 2 heterocycles. The van der Waals surface area contributed by atoms with E-state index >= 15 is 0 Å². The Morgan fingerprint density at radius 3 is 2.92 bits per heavy atom. The predicted octanol–water partition coefficient (Wildman–Crippen LogP) is 3.05. The number of nitro groups is 1. The normalized spacial score (nSPS) is 13.2. The van der Waals surface area contributed by atoms with Crippen molar-refractivity contribution in [3.8, 4) is 0 Å². The number of benzene rings is 1. The number of hydrogen-bond donors (Lipinski definition) is 0. The summed E-state index contributed by atoms with van der Waals surface area (Å²) in [6.45, 7) is 0.583. The summed E-state index contributed by atoms with van der Waals surface area (Å²) in [5, 5.41) is 13.1. The highest BCUT2D eigenvalue weighted by Gasteiger charge is 2.25. The Balaban J connectivity index is 1.63. The van der Waals surface area contributed by atoms with Crippen LogP contribution in [0.1, 0.15) is 20.8 Å². The zero-order valence-corrected chi connectivity index (χ0v) is 14.5. The van der Waals surface area contributed by atoms with Gasteiger partial charge >= 0.3 is 5.97 Å². The summed E-state index contributed by atoms with van der Waals surface area (Å²) in [7, 11) is 0. The van der Waals surface area contributed by atoms with Crippen LogP contribution in [0.4, 0.5) is 5.69 Å². The third-order valence-electron chi connectivity index (χ3n) is 3.86. The lowest BCUT2D eigenvalue weighted by Crippen LogP contribution is -2.38. The molecule has 0 saturated carbocycles. The standard InChI is InChI=1S/C16H13ClN2O5S/c17-11-1-2-12(13(7-11)19(22)23)16(21)24-9-15(20)18-5-3-14-10(8-18)4-6-25-14/h1-2,4,6-7H,3,5,8-9H2. The predicted molar refractivity (Wildman–Crippen MR) is 91.8 cm³/mol. The molecule has 1 aliphatic heterocycles. The Morgan fingerprint density at radius 2 is 2.16 bits per heavy atom. The number of carbonyl (C=O) groups is 2. The lowest BCUT2D eigenvalue weighted by Gasteiger charge is -2.26. The quantitative estimate of drug-likeness (QED) is 0.462. The Bertz CT molecular complexity index is 851. The van der Waals surface area contributed by atoms with Gasteiger partial charge in [-0.25, -0.2) is 4.79 Å². The summed E-state index contributed by atoms with van der Waals surface area (Å²) in [5.74, 6) is -1.26. The van der Waals surface area contributed by atoms with E-state index in [9.17, 15) is 19.7 Å². The van der Waals surface area contributed by atoms with Crippen molar-refractivity contribution in [3.63, 3.8) is 0 Å². The summed E-state index contributed by atoms with van der Waals surface area (Å²) in [6.07, 6.45) is 0.773. The summed E-state index contributed by atoms with van der Waals surface area (Å²) in [6, 6.07) is 5.62. The van der Waals surface area contributed by atoms with Crippen molar-refractivity contribution in [2.24, 2.45) is 0 Å². The first kappa shape index (κ1) is 17.4. The number of fused-ring (bicyclic) bond motifs is 1. The second kappa shape index (κ2) is 7.20. The Kier molecular flexibility index (Phi) is 5.00. The smallest absolute Gasteiger partial charge is 0.345 e. The number of halogens is 1. The largest absolute Gasteiger partial charge is 0.452 e. The molecule has 130 valence electrons. The molecule has 7 nitrogen and oxygen atoms in total. The van der Waals surface area contributed by atoms with E-state index in [2.05, 4.69) is 0 Å². The van der Waals surface area contributed by atoms with Crippen LogP contribution in [0.2, 0.25) is 5.02 Å². The number of carbonyl (C=O) groups excluding carboxylic acids is 2. The third kappa shape index (κ3) is 3.80. The number of nitro benzene ring substituents is 1. The van der Waals surface area contributed by atoms with Gasteiger partial charge in [0.05, 0.1) is 4.92 Å². The van der Waals surface area contributed by atoms with Crippen LogP contribution >= 0.6 is 22.9 Å². The van der Waals surface area contributed by atoms with Crippen LogP contribution in [-0.4, -0.2) is 34.9 Å². The van der Waals surface area contributed by atoms with E-state index in [4.69, 9.17) is 16.3 Å². The van der Waals surface area contributed by atoms with Gasteiger partial charge in [0.1, 0.15) is 5.56 Å². The maximum atomic E-state index is 12.2. The highest BCUT2D eigenvalue weighted by atomic mass is 35.5. The summed E-state index contributed by atoms with van der Waals surface area (Å²) in [4.78, 5) is 37.5. The minimum atomic E-state index is -0.926. The van der Waals surface area contributed by atoms with Crippen LogP contribution in [0.15, 0.2) is 29.6 Å². The minimum absolute atomic E-state index is 0.138. The van der Waals surface area contributed by atoms with Crippen molar-refractivity contribution in [2.75, 3.05) is 13.2 Å². The maximum Gasteiger partial charge on any atom is 0.345 e. The number of esters is 1. The van der Waals surface area contributed by atoms with E-state index in [0.29, 0.717) is 13.1 Å². The number of thiophene rings is 1.